The molecule has 2 N–H and O–H groups in total. The Balaban J connectivity index is 0. The smallest absolute Gasteiger partial charge is 0.248 e. The summed E-state index contributed by atoms with van der Waals surface area (Å²) < 4.78 is 0. The molecule has 0 bridgehead atoms. The molecule has 0 unspecified atom stereocenters. The zero-order chi connectivity index (χ0) is 9.98. The topological polar surface area (TPSA) is 43.1 Å². The van der Waals surface area contributed by atoms with Gasteiger partial charge in [-0.3, -0.25) is 4.79 Å². The van der Waals surface area contributed by atoms with Crippen LogP contribution in [0.5, 0.6) is 0 Å². The molecular formula is C10H19NO. The highest BCUT2D eigenvalue weighted by Crippen LogP contribution is 1.95. The summed E-state index contributed by atoms with van der Waals surface area (Å²) in [6, 6.07) is 0. The van der Waals surface area contributed by atoms with Gasteiger partial charge in [0.25, 0.3) is 0 Å². The normalized spacial score (nSPS) is 10.8. The van der Waals surface area contributed by atoms with Gasteiger partial charge in [0.15, 0.2) is 0 Å². The molecule has 0 aromatic carbocycles. The van der Waals surface area contributed by atoms with Gasteiger partial charge in [0.2, 0.25) is 5.91 Å². The van der Waals surface area contributed by atoms with Crippen molar-refractivity contribution in [2.24, 2.45) is 5.73 Å². The Morgan fingerprint density at radius 1 is 1.42 bits per heavy atom. The minimum absolute atomic E-state index is 0.368. The second-order valence-corrected chi connectivity index (χ2v) is 1.92. The maximum absolute atomic E-state index is 10.5. The molecule has 1 amide bonds. The molecule has 0 aliphatic heterocycles. The molecule has 0 fully saturated rings. The Hall–Kier alpha value is -1.05. The van der Waals surface area contributed by atoms with Gasteiger partial charge in [-0.25, -0.2) is 0 Å². The SMILES string of the molecule is C/C=C(\C=C/CC)C(N)=O.CC. The number of hydrogen-bond donors (Lipinski definition) is 1. The van der Waals surface area contributed by atoms with Crippen molar-refractivity contribution < 1.29 is 4.79 Å². The summed E-state index contributed by atoms with van der Waals surface area (Å²) in [4.78, 5) is 10.5. The maximum atomic E-state index is 10.5. The van der Waals surface area contributed by atoms with Gasteiger partial charge in [0, 0.05) is 5.57 Å². The molecule has 0 aliphatic rings. The van der Waals surface area contributed by atoms with Gasteiger partial charge < -0.3 is 5.73 Å². The first-order valence-electron chi connectivity index (χ1n) is 4.35. The van der Waals surface area contributed by atoms with Crippen LogP contribution in [0.2, 0.25) is 0 Å². The highest BCUT2D eigenvalue weighted by molar-refractivity contribution is 5.94. The van der Waals surface area contributed by atoms with Crippen molar-refractivity contribution in [1.82, 2.24) is 0 Å². The lowest BCUT2D eigenvalue weighted by atomic mass is 10.2. The van der Waals surface area contributed by atoms with Crippen molar-refractivity contribution in [1.29, 1.82) is 0 Å². The first-order valence-corrected chi connectivity index (χ1v) is 4.35. The van der Waals surface area contributed by atoms with Gasteiger partial charge in [0.05, 0.1) is 0 Å². The van der Waals surface area contributed by atoms with Crippen LogP contribution in [0.1, 0.15) is 34.1 Å². The summed E-state index contributed by atoms with van der Waals surface area (Å²) in [6.07, 6.45) is 6.27. The van der Waals surface area contributed by atoms with Crippen LogP contribution in [-0.4, -0.2) is 5.91 Å². The van der Waals surface area contributed by atoms with Gasteiger partial charge in [0.1, 0.15) is 0 Å². The molecule has 70 valence electrons. The lowest BCUT2D eigenvalue weighted by Crippen LogP contribution is -2.11. The molecule has 2 nitrogen and oxygen atoms in total. The number of amides is 1. The van der Waals surface area contributed by atoms with E-state index in [1.54, 1.807) is 19.1 Å². The highest BCUT2D eigenvalue weighted by Gasteiger charge is 1.95. The molecule has 0 aromatic rings. The quantitative estimate of drug-likeness (QED) is 0.511. The second kappa shape index (κ2) is 9.95. The van der Waals surface area contributed by atoms with Gasteiger partial charge >= 0.3 is 0 Å². The third-order valence-electron chi connectivity index (χ3n) is 1.13. The molecule has 0 spiro atoms. The Morgan fingerprint density at radius 2 is 1.92 bits per heavy atom. The molecule has 0 heterocycles. The molecule has 0 saturated carbocycles. The monoisotopic (exact) mass is 169 g/mol. The minimum atomic E-state index is -0.368. The summed E-state index contributed by atoms with van der Waals surface area (Å²) >= 11 is 0. The van der Waals surface area contributed by atoms with Crippen molar-refractivity contribution in [3.8, 4) is 0 Å². The van der Waals surface area contributed by atoms with Crippen LogP contribution in [-0.2, 0) is 4.79 Å². The first kappa shape index (κ1) is 13.5. The number of primary amides is 1. The molecular weight excluding hydrogens is 150 g/mol. The summed E-state index contributed by atoms with van der Waals surface area (Å²) in [5.41, 5.74) is 5.60. The molecule has 0 rings (SSSR count). The summed E-state index contributed by atoms with van der Waals surface area (Å²) in [5, 5.41) is 0. The number of carbonyl (C=O) groups is 1. The fourth-order valence-corrected chi connectivity index (χ4v) is 0.565. The number of carbonyl (C=O) groups excluding carboxylic acids is 1. The van der Waals surface area contributed by atoms with E-state index in [4.69, 9.17) is 5.73 Å². The van der Waals surface area contributed by atoms with Crippen LogP contribution in [0.4, 0.5) is 0 Å². The molecule has 0 aromatic heterocycles. The number of allylic oxidation sites excluding steroid dienone is 2. The molecule has 12 heavy (non-hydrogen) atoms. The van der Waals surface area contributed by atoms with Crippen LogP contribution in [0.3, 0.4) is 0 Å². The van der Waals surface area contributed by atoms with Gasteiger partial charge in [-0.15, -0.1) is 0 Å². The lowest BCUT2D eigenvalue weighted by molar-refractivity contribution is -0.114. The molecule has 0 atom stereocenters. The van der Waals surface area contributed by atoms with Crippen LogP contribution in [0, 0.1) is 0 Å². The maximum Gasteiger partial charge on any atom is 0.248 e. The Morgan fingerprint density at radius 3 is 2.17 bits per heavy atom. The number of rotatable bonds is 3. The molecule has 0 radical (unpaired) electrons. The van der Waals surface area contributed by atoms with Crippen LogP contribution in [0.15, 0.2) is 23.8 Å². The highest BCUT2D eigenvalue weighted by atomic mass is 16.1. The van der Waals surface area contributed by atoms with Gasteiger partial charge in [-0.1, -0.05) is 39.0 Å². The molecule has 0 aliphatic carbocycles. The Kier molecular flexibility index (Phi) is 11.2. The van der Waals surface area contributed by atoms with E-state index in [1.165, 1.54) is 0 Å². The number of hydrogen-bond acceptors (Lipinski definition) is 1. The van der Waals surface area contributed by atoms with E-state index < -0.39 is 0 Å². The summed E-state index contributed by atoms with van der Waals surface area (Å²) in [5.74, 6) is -0.368. The predicted molar refractivity (Wildman–Crippen MR) is 53.7 cm³/mol. The van der Waals surface area contributed by atoms with Gasteiger partial charge in [-0.2, -0.15) is 0 Å². The van der Waals surface area contributed by atoms with E-state index in [1.807, 2.05) is 26.8 Å². The van der Waals surface area contributed by atoms with Crippen molar-refractivity contribution in [3.63, 3.8) is 0 Å². The first-order chi connectivity index (χ1) is 5.72. The Bertz CT molecular complexity index is 169. The van der Waals surface area contributed by atoms with E-state index in [9.17, 15) is 4.79 Å². The summed E-state index contributed by atoms with van der Waals surface area (Å²) in [6.45, 7) is 7.80. The van der Waals surface area contributed by atoms with Crippen LogP contribution >= 0.6 is 0 Å². The Labute approximate surface area is 75.2 Å². The molecule has 2 heteroatoms. The molecule has 0 saturated heterocycles. The fourth-order valence-electron chi connectivity index (χ4n) is 0.565. The zero-order valence-electron chi connectivity index (χ0n) is 8.42. The van der Waals surface area contributed by atoms with Crippen LogP contribution in [0.25, 0.3) is 0 Å². The van der Waals surface area contributed by atoms with Gasteiger partial charge in [-0.05, 0) is 13.3 Å². The average Bonchev–Trinajstić information content (AvgIpc) is 2.09. The fraction of sp³-hybridized carbons (Fsp3) is 0.500. The van der Waals surface area contributed by atoms with Crippen molar-refractivity contribution in [3.05, 3.63) is 23.8 Å². The largest absolute Gasteiger partial charge is 0.366 e. The zero-order valence-corrected chi connectivity index (χ0v) is 8.42. The van der Waals surface area contributed by atoms with E-state index in [0.717, 1.165) is 6.42 Å². The third kappa shape index (κ3) is 7.06. The van der Waals surface area contributed by atoms with Crippen molar-refractivity contribution >= 4 is 5.91 Å². The third-order valence-corrected chi connectivity index (χ3v) is 1.13. The van der Waals surface area contributed by atoms with E-state index in [2.05, 4.69) is 0 Å². The van der Waals surface area contributed by atoms with E-state index in [0.29, 0.717) is 5.57 Å². The standard InChI is InChI=1S/C8H13NO.C2H6/c1-3-5-6-7(4-2)8(9)10;1-2/h4-6H,3H2,1-2H3,(H2,9,10);1-2H3/b6-5-,7-4+;. The second-order valence-electron chi connectivity index (χ2n) is 1.92. The number of nitrogens with two attached hydrogens (primary N) is 1. The van der Waals surface area contributed by atoms with Crippen molar-refractivity contribution in [2.75, 3.05) is 0 Å². The van der Waals surface area contributed by atoms with Crippen LogP contribution < -0.4 is 5.73 Å². The lowest BCUT2D eigenvalue weighted by Gasteiger charge is -1.91. The van der Waals surface area contributed by atoms with E-state index >= 15 is 0 Å². The van der Waals surface area contributed by atoms with Crippen molar-refractivity contribution in [2.45, 2.75) is 34.1 Å². The minimum Gasteiger partial charge on any atom is -0.366 e. The summed E-state index contributed by atoms with van der Waals surface area (Å²) in [7, 11) is 0. The van der Waals surface area contributed by atoms with E-state index in [-0.39, 0.29) is 5.91 Å². The average molecular weight is 169 g/mol. The predicted octanol–water partition coefficient (Wildman–Crippen LogP) is 2.41.